The zero-order valence-corrected chi connectivity index (χ0v) is 19.4. The molecule has 1 aromatic heterocycles. The fourth-order valence-corrected chi connectivity index (χ4v) is 5.19. The van der Waals surface area contributed by atoms with Gasteiger partial charge in [-0.2, -0.15) is 0 Å². The third-order valence-corrected chi connectivity index (χ3v) is 7.03. The molecule has 1 amide bonds. The number of Topliss-reactive ketones (excluding diaryl/α,β-unsaturated/α-hetero) is 1. The molecule has 5 rings (SSSR count). The van der Waals surface area contributed by atoms with E-state index >= 15 is 0 Å². The second kappa shape index (κ2) is 8.50. The SMILES string of the molecule is CCc1ccc2nc(N3C(=O)C(=O)C(=C(O)c4ccc(C)cc4)[C@H]3c3ccc(F)cc3)sc2c1. The number of nitrogens with zero attached hydrogens (tertiary/aromatic N) is 2. The number of hydrogen-bond donors (Lipinski definition) is 1. The minimum absolute atomic E-state index is 0.0473. The summed E-state index contributed by atoms with van der Waals surface area (Å²) in [6.45, 7) is 3.97. The molecule has 0 radical (unpaired) electrons. The number of ketones is 1. The van der Waals surface area contributed by atoms with E-state index in [9.17, 15) is 19.1 Å². The molecule has 2 heterocycles. The average Bonchev–Trinajstić information content (AvgIpc) is 3.37. The molecule has 1 aliphatic heterocycles. The third-order valence-electron chi connectivity index (χ3n) is 6.01. The van der Waals surface area contributed by atoms with Crippen LogP contribution in [0.1, 0.15) is 35.2 Å². The summed E-state index contributed by atoms with van der Waals surface area (Å²) in [7, 11) is 0. The van der Waals surface area contributed by atoms with Gasteiger partial charge in [-0.15, -0.1) is 0 Å². The van der Waals surface area contributed by atoms with Gasteiger partial charge in [0.25, 0.3) is 5.78 Å². The minimum atomic E-state index is -0.937. The van der Waals surface area contributed by atoms with E-state index in [1.165, 1.54) is 40.5 Å². The van der Waals surface area contributed by atoms with E-state index in [-0.39, 0.29) is 11.3 Å². The van der Waals surface area contributed by atoms with Crippen LogP contribution >= 0.6 is 11.3 Å². The van der Waals surface area contributed by atoms with Crippen LogP contribution in [0, 0.1) is 12.7 Å². The number of thiazole rings is 1. The molecular weight excluding hydrogens is 451 g/mol. The number of aliphatic hydroxyl groups is 1. The Labute approximate surface area is 199 Å². The van der Waals surface area contributed by atoms with Crippen molar-refractivity contribution < 1.29 is 19.1 Å². The van der Waals surface area contributed by atoms with Gasteiger partial charge in [-0.25, -0.2) is 9.37 Å². The minimum Gasteiger partial charge on any atom is -0.507 e. The normalized spacial score (nSPS) is 17.6. The predicted octanol–water partition coefficient (Wildman–Crippen LogP) is 5.93. The lowest BCUT2D eigenvalue weighted by atomic mass is 9.95. The zero-order chi connectivity index (χ0) is 24.0. The largest absolute Gasteiger partial charge is 0.507 e. The molecule has 0 aliphatic carbocycles. The summed E-state index contributed by atoms with van der Waals surface area (Å²) in [5.74, 6) is -2.30. The summed E-state index contributed by atoms with van der Waals surface area (Å²) in [5.41, 5.74) is 3.73. The van der Waals surface area contributed by atoms with Gasteiger partial charge < -0.3 is 5.11 Å². The summed E-state index contributed by atoms with van der Waals surface area (Å²) < 4.78 is 14.6. The molecule has 170 valence electrons. The highest BCUT2D eigenvalue weighted by atomic mass is 32.1. The number of anilines is 1. The maximum atomic E-state index is 13.7. The molecule has 0 unspecified atom stereocenters. The number of fused-ring (bicyclic) bond motifs is 1. The highest BCUT2D eigenvalue weighted by Crippen LogP contribution is 2.44. The Kier molecular flexibility index (Phi) is 5.49. The van der Waals surface area contributed by atoms with E-state index in [0.717, 1.165) is 27.8 Å². The first-order valence-electron chi connectivity index (χ1n) is 10.9. The molecule has 1 fully saturated rings. The van der Waals surface area contributed by atoms with Crippen LogP contribution in [-0.4, -0.2) is 21.8 Å². The van der Waals surface area contributed by atoms with E-state index in [1.54, 1.807) is 12.1 Å². The summed E-state index contributed by atoms with van der Waals surface area (Å²) >= 11 is 1.31. The highest BCUT2D eigenvalue weighted by molar-refractivity contribution is 7.22. The molecule has 1 N–H and O–H groups in total. The first-order valence-corrected chi connectivity index (χ1v) is 11.7. The number of benzene rings is 3. The van der Waals surface area contributed by atoms with Crippen molar-refractivity contribution >= 4 is 44.1 Å². The van der Waals surface area contributed by atoms with E-state index in [1.807, 2.05) is 37.3 Å². The van der Waals surface area contributed by atoms with Crippen LogP contribution in [0.5, 0.6) is 0 Å². The molecule has 0 bridgehead atoms. The van der Waals surface area contributed by atoms with Gasteiger partial charge in [0.2, 0.25) is 0 Å². The topological polar surface area (TPSA) is 70.5 Å². The quantitative estimate of drug-likeness (QED) is 0.227. The summed E-state index contributed by atoms with van der Waals surface area (Å²) in [5, 5.41) is 11.5. The van der Waals surface area contributed by atoms with Crippen LogP contribution in [0.4, 0.5) is 9.52 Å². The van der Waals surface area contributed by atoms with Crippen molar-refractivity contribution in [3.8, 4) is 0 Å². The molecule has 1 atom stereocenters. The number of hydrogen-bond acceptors (Lipinski definition) is 5. The molecule has 7 heteroatoms. The number of halogens is 1. The van der Waals surface area contributed by atoms with E-state index in [0.29, 0.717) is 16.3 Å². The van der Waals surface area contributed by atoms with Crippen LogP contribution in [0.2, 0.25) is 0 Å². The maximum Gasteiger partial charge on any atom is 0.301 e. The Morgan fingerprint density at radius 2 is 1.76 bits per heavy atom. The second-order valence-electron chi connectivity index (χ2n) is 8.24. The number of aryl methyl sites for hydroxylation is 2. The molecule has 1 aliphatic rings. The van der Waals surface area contributed by atoms with Crippen molar-refractivity contribution in [2.45, 2.75) is 26.3 Å². The van der Waals surface area contributed by atoms with Crippen molar-refractivity contribution in [3.63, 3.8) is 0 Å². The van der Waals surface area contributed by atoms with Gasteiger partial charge >= 0.3 is 5.91 Å². The van der Waals surface area contributed by atoms with Crippen LogP contribution in [-0.2, 0) is 16.0 Å². The van der Waals surface area contributed by atoms with E-state index in [4.69, 9.17) is 0 Å². The Morgan fingerprint density at radius 3 is 2.44 bits per heavy atom. The second-order valence-corrected chi connectivity index (χ2v) is 9.25. The summed E-state index contributed by atoms with van der Waals surface area (Å²) in [4.78, 5) is 32.4. The third kappa shape index (κ3) is 3.68. The highest BCUT2D eigenvalue weighted by Gasteiger charge is 2.48. The van der Waals surface area contributed by atoms with Gasteiger partial charge in [0.05, 0.1) is 21.8 Å². The van der Waals surface area contributed by atoms with Gasteiger partial charge in [0, 0.05) is 5.56 Å². The molecule has 3 aromatic carbocycles. The number of carbonyl (C=O) groups is 2. The number of amides is 1. The lowest BCUT2D eigenvalue weighted by molar-refractivity contribution is -0.132. The lowest BCUT2D eigenvalue weighted by Gasteiger charge is -2.23. The first-order chi connectivity index (χ1) is 16.4. The van der Waals surface area contributed by atoms with Crippen LogP contribution in [0.3, 0.4) is 0 Å². The first kappa shape index (κ1) is 22.0. The van der Waals surface area contributed by atoms with Crippen molar-refractivity contribution in [1.29, 1.82) is 0 Å². The average molecular weight is 473 g/mol. The van der Waals surface area contributed by atoms with Crippen molar-refractivity contribution in [2.75, 3.05) is 4.90 Å². The Morgan fingerprint density at radius 1 is 1.06 bits per heavy atom. The Bertz CT molecular complexity index is 1460. The molecule has 0 saturated carbocycles. The Hall–Kier alpha value is -3.84. The molecular formula is C27H21FN2O3S. The van der Waals surface area contributed by atoms with Crippen molar-refractivity contribution in [2.24, 2.45) is 0 Å². The molecule has 5 nitrogen and oxygen atoms in total. The molecule has 4 aromatic rings. The predicted molar refractivity (Wildman–Crippen MR) is 131 cm³/mol. The zero-order valence-electron chi connectivity index (χ0n) is 18.6. The number of rotatable bonds is 4. The lowest BCUT2D eigenvalue weighted by Crippen LogP contribution is -2.29. The van der Waals surface area contributed by atoms with Gasteiger partial charge in [-0.3, -0.25) is 14.5 Å². The van der Waals surface area contributed by atoms with Gasteiger partial charge in [0.15, 0.2) is 5.13 Å². The van der Waals surface area contributed by atoms with Crippen molar-refractivity contribution in [3.05, 3.63) is 100 Å². The number of aromatic nitrogens is 1. The maximum absolute atomic E-state index is 13.7. The number of aliphatic hydroxyl groups excluding tert-OH is 1. The van der Waals surface area contributed by atoms with Gasteiger partial charge in [-0.1, -0.05) is 66.3 Å². The molecule has 34 heavy (non-hydrogen) atoms. The van der Waals surface area contributed by atoms with Crippen molar-refractivity contribution in [1.82, 2.24) is 4.98 Å². The van der Waals surface area contributed by atoms with Crippen LogP contribution in [0.25, 0.3) is 16.0 Å². The van der Waals surface area contributed by atoms with Crippen LogP contribution in [0.15, 0.2) is 72.3 Å². The summed E-state index contributed by atoms with van der Waals surface area (Å²) in [6, 6.07) is 17.6. The fraction of sp³-hybridized carbons (Fsp3) is 0.148. The molecule has 1 saturated heterocycles. The van der Waals surface area contributed by atoms with Gasteiger partial charge in [-0.05, 0) is 48.7 Å². The smallest absolute Gasteiger partial charge is 0.301 e. The standard InChI is InChI=1S/C27H21FN2O3S/c1-3-16-6-13-20-21(14-16)34-27(29-20)30-23(17-9-11-19(28)12-10-17)22(25(32)26(30)33)24(31)18-7-4-15(2)5-8-18/h4-14,23,31H,3H2,1-2H3/t23-/m1/s1. The molecule has 0 spiro atoms. The number of carbonyl (C=O) groups excluding carboxylic acids is 2. The monoisotopic (exact) mass is 472 g/mol. The van der Waals surface area contributed by atoms with E-state index < -0.39 is 23.5 Å². The van der Waals surface area contributed by atoms with Crippen LogP contribution < -0.4 is 4.90 Å². The summed E-state index contributed by atoms with van der Waals surface area (Å²) in [6.07, 6.45) is 0.861. The Balaban J connectivity index is 1.71. The fourth-order valence-electron chi connectivity index (χ4n) is 4.14. The van der Waals surface area contributed by atoms with E-state index in [2.05, 4.69) is 11.9 Å². The van der Waals surface area contributed by atoms with Gasteiger partial charge in [0.1, 0.15) is 11.6 Å².